The molecule has 0 aliphatic rings. The zero-order chi connectivity index (χ0) is 15.0. The average molecular weight is 282 g/mol. The van der Waals surface area contributed by atoms with Gasteiger partial charge in [0.2, 0.25) is 0 Å². The van der Waals surface area contributed by atoms with E-state index in [9.17, 15) is 9.18 Å². The topological polar surface area (TPSA) is 66.6 Å². The van der Waals surface area contributed by atoms with Crippen LogP contribution in [-0.4, -0.2) is 35.6 Å². The zero-order valence-electron chi connectivity index (χ0n) is 11.9. The third-order valence-corrected chi connectivity index (χ3v) is 3.16. The Balaban J connectivity index is 2.72. The lowest BCUT2D eigenvalue weighted by molar-refractivity contribution is 0.0714. The Morgan fingerprint density at radius 1 is 1.30 bits per heavy atom. The molecule has 0 atom stereocenters. The monoisotopic (exact) mass is 282 g/mol. The minimum atomic E-state index is -0.619. The van der Waals surface area contributed by atoms with E-state index >= 15 is 0 Å². The fourth-order valence-electron chi connectivity index (χ4n) is 2.04. The minimum Gasteiger partial charge on any atom is -0.399 e. The van der Waals surface area contributed by atoms with Crippen molar-refractivity contribution in [2.24, 2.45) is 0 Å². The van der Waals surface area contributed by atoms with Crippen molar-refractivity contribution >= 4 is 11.6 Å². The van der Waals surface area contributed by atoms with Crippen molar-refractivity contribution in [1.29, 1.82) is 0 Å². The first-order valence-electron chi connectivity index (χ1n) is 7.05. The number of amides is 1. The van der Waals surface area contributed by atoms with Gasteiger partial charge in [-0.15, -0.1) is 0 Å². The van der Waals surface area contributed by atoms with Gasteiger partial charge in [0.1, 0.15) is 5.82 Å². The Bertz CT molecular complexity index is 438. The molecule has 0 saturated carbocycles. The van der Waals surface area contributed by atoms with Crippen LogP contribution < -0.4 is 5.73 Å². The second-order valence-corrected chi connectivity index (χ2v) is 4.82. The van der Waals surface area contributed by atoms with E-state index in [-0.39, 0.29) is 24.4 Å². The molecule has 20 heavy (non-hydrogen) atoms. The van der Waals surface area contributed by atoms with Gasteiger partial charge in [0, 0.05) is 18.8 Å². The molecule has 1 aromatic rings. The number of nitrogen functional groups attached to an aromatic ring is 1. The maximum absolute atomic E-state index is 13.8. The normalized spacial score (nSPS) is 10.6. The van der Waals surface area contributed by atoms with Gasteiger partial charge in [-0.25, -0.2) is 4.39 Å². The SMILES string of the molecule is CCCCCCN(CCO)C(=O)c1ccc(N)cc1F. The molecular weight excluding hydrogens is 259 g/mol. The molecule has 112 valence electrons. The number of unbranched alkanes of at least 4 members (excludes halogenated alkanes) is 3. The van der Waals surface area contributed by atoms with E-state index in [1.807, 2.05) is 0 Å². The zero-order valence-corrected chi connectivity index (χ0v) is 11.9. The van der Waals surface area contributed by atoms with Crippen molar-refractivity contribution in [3.05, 3.63) is 29.6 Å². The lowest BCUT2D eigenvalue weighted by Gasteiger charge is -2.22. The molecule has 1 aromatic carbocycles. The highest BCUT2D eigenvalue weighted by Gasteiger charge is 2.18. The Hall–Kier alpha value is -1.62. The van der Waals surface area contributed by atoms with Crippen molar-refractivity contribution < 1.29 is 14.3 Å². The lowest BCUT2D eigenvalue weighted by Crippen LogP contribution is -2.35. The number of carbonyl (C=O) groups is 1. The van der Waals surface area contributed by atoms with Gasteiger partial charge in [-0.2, -0.15) is 0 Å². The van der Waals surface area contributed by atoms with Crippen LogP contribution in [0.3, 0.4) is 0 Å². The van der Waals surface area contributed by atoms with Gasteiger partial charge in [-0.3, -0.25) is 4.79 Å². The van der Waals surface area contributed by atoms with E-state index in [4.69, 9.17) is 10.8 Å². The lowest BCUT2D eigenvalue weighted by atomic mass is 10.1. The van der Waals surface area contributed by atoms with E-state index in [0.717, 1.165) is 31.7 Å². The summed E-state index contributed by atoms with van der Waals surface area (Å²) < 4.78 is 13.8. The average Bonchev–Trinajstić information content (AvgIpc) is 2.41. The first kappa shape index (κ1) is 16.4. The highest BCUT2D eigenvalue weighted by Crippen LogP contribution is 2.15. The number of carbonyl (C=O) groups excluding carboxylic acids is 1. The van der Waals surface area contributed by atoms with Crippen molar-refractivity contribution in [1.82, 2.24) is 4.90 Å². The fourth-order valence-corrected chi connectivity index (χ4v) is 2.04. The summed E-state index contributed by atoms with van der Waals surface area (Å²) >= 11 is 0. The van der Waals surface area contributed by atoms with Crippen LogP contribution in [0.25, 0.3) is 0 Å². The Kier molecular flexibility index (Phi) is 7.01. The molecule has 0 radical (unpaired) electrons. The molecule has 1 rings (SSSR count). The van der Waals surface area contributed by atoms with Crippen LogP contribution in [0.2, 0.25) is 0 Å². The Labute approximate surface area is 119 Å². The minimum absolute atomic E-state index is 0.00291. The number of hydrogen-bond donors (Lipinski definition) is 2. The summed E-state index contributed by atoms with van der Waals surface area (Å²) in [5.41, 5.74) is 5.76. The van der Waals surface area contributed by atoms with Crippen molar-refractivity contribution in [2.45, 2.75) is 32.6 Å². The van der Waals surface area contributed by atoms with Crippen LogP contribution in [0.4, 0.5) is 10.1 Å². The summed E-state index contributed by atoms with van der Waals surface area (Å²) in [4.78, 5) is 13.8. The predicted octanol–water partition coefficient (Wildman–Crippen LogP) is 2.42. The van der Waals surface area contributed by atoms with Gasteiger partial charge in [0.05, 0.1) is 12.2 Å². The van der Waals surface area contributed by atoms with E-state index < -0.39 is 11.7 Å². The first-order chi connectivity index (χ1) is 9.60. The second-order valence-electron chi connectivity index (χ2n) is 4.82. The van der Waals surface area contributed by atoms with Crippen LogP contribution in [0.5, 0.6) is 0 Å². The molecule has 0 aliphatic carbocycles. The van der Waals surface area contributed by atoms with Crippen LogP contribution in [-0.2, 0) is 0 Å². The number of rotatable bonds is 8. The number of hydrogen-bond acceptors (Lipinski definition) is 3. The molecule has 0 saturated heterocycles. The van der Waals surface area contributed by atoms with Crippen molar-refractivity contribution in [2.75, 3.05) is 25.4 Å². The van der Waals surface area contributed by atoms with Crippen LogP contribution >= 0.6 is 0 Å². The number of aliphatic hydroxyl groups excluding tert-OH is 1. The van der Waals surface area contributed by atoms with Crippen molar-refractivity contribution in [3.63, 3.8) is 0 Å². The van der Waals surface area contributed by atoms with Gasteiger partial charge in [0.15, 0.2) is 0 Å². The molecule has 0 spiro atoms. The van der Waals surface area contributed by atoms with E-state index in [2.05, 4.69) is 6.92 Å². The molecule has 1 amide bonds. The summed E-state index contributed by atoms with van der Waals surface area (Å²) in [5, 5.41) is 9.04. The van der Waals surface area contributed by atoms with E-state index in [1.54, 1.807) is 0 Å². The number of nitrogens with two attached hydrogens (primary N) is 1. The molecule has 0 bridgehead atoms. The first-order valence-corrected chi connectivity index (χ1v) is 7.05. The van der Waals surface area contributed by atoms with E-state index in [0.29, 0.717) is 6.54 Å². The molecule has 0 heterocycles. The Morgan fingerprint density at radius 2 is 2.05 bits per heavy atom. The van der Waals surface area contributed by atoms with Gasteiger partial charge < -0.3 is 15.7 Å². The molecule has 0 aliphatic heterocycles. The summed E-state index contributed by atoms with van der Waals surface area (Å²) in [7, 11) is 0. The maximum Gasteiger partial charge on any atom is 0.256 e. The van der Waals surface area contributed by atoms with Gasteiger partial charge in [0.25, 0.3) is 5.91 Å². The van der Waals surface area contributed by atoms with Crippen LogP contribution in [0.15, 0.2) is 18.2 Å². The molecular formula is C15H23FN2O2. The van der Waals surface area contributed by atoms with Crippen molar-refractivity contribution in [3.8, 4) is 0 Å². The van der Waals surface area contributed by atoms with Crippen LogP contribution in [0, 0.1) is 5.82 Å². The Morgan fingerprint density at radius 3 is 2.65 bits per heavy atom. The number of benzene rings is 1. The summed E-state index contributed by atoms with van der Waals surface area (Å²) in [5.74, 6) is -1.01. The largest absolute Gasteiger partial charge is 0.399 e. The smallest absolute Gasteiger partial charge is 0.256 e. The van der Waals surface area contributed by atoms with Gasteiger partial charge in [-0.1, -0.05) is 26.2 Å². The predicted molar refractivity (Wildman–Crippen MR) is 77.9 cm³/mol. The third kappa shape index (κ3) is 4.81. The highest BCUT2D eigenvalue weighted by molar-refractivity contribution is 5.94. The molecule has 5 heteroatoms. The molecule has 3 N–H and O–H groups in total. The van der Waals surface area contributed by atoms with Gasteiger partial charge >= 0.3 is 0 Å². The maximum atomic E-state index is 13.8. The molecule has 0 unspecified atom stereocenters. The quantitative estimate of drug-likeness (QED) is 0.568. The van der Waals surface area contributed by atoms with E-state index in [1.165, 1.54) is 17.0 Å². The summed E-state index contributed by atoms with van der Waals surface area (Å²) in [6, 6.07) is 4.04. The summed E-state index contributed by atoms with van der Waals surface area (Å²) in [6.45, 7) is 2.73. The van der Waals surface area contributed by atoms with Crippen LogP contribution in [0.1, 0.15) is 43.0 Å². The molecule has 0 fully saturated rings. The number of halogens is 1. The number of nitrogens with zero attached hydrogens (tertiary/aromatic N) is 1. The molecule has 4 nitrogen and oxygen atoms in total. The fraction of sp³-hybridized carbons (Fsp3) is 0.533. The molecule has 0 aromatic heterocycles. The number of anilines is 1. The van der Waals surface area contributed by atoms with Gasteiger partial charge in [-0.05, 0) is 24.6 Å². The third-order valence-electron chi connectivity index (χ3n) is 3.16. The highest BCUT2D eigenvalue weighted by atomic mass is 19.1. The second kappa shape index (κ2) is 8.53. The number of aliphatic hydroxyl groups is 1. The standard InChI is InChI=1S/C15H23FN2O2/c1-2-3-4-5-8-18(9-10-19)15(20)13-7-6-12(17)11-14(13)16/h6-7,11,19H,2-5,8-10,17H2,1H3. The summed E-state index contributed by atoms with van der Waals surface area (Å²) in [6.07, 6.45) is 4.10.